The molecule has 1 nitrogen and oxygen atoms in total. The van der Waals surface area contributed by atoms with Crippen molar-refractivity contribution in [1.82, 2.24) is 5.32 Å². The predicted octanol–water partition coefficient (Wildman–Crippen LogP) is 4.30. The largest absolute Gasteiger partial charge is 0.307 e. The molecule has 108 valence electrons. The highest BCUT2D eigenvalue weighted by atomic mass is 19.1. The average molecular weight is 273 g/mol. The highest BCUT2D eigenvalue weighted by molar-refractivity contribution is 5.20. The van der Waals surface area contributed by atoms with Crippen LogP contribution in [0.15, 0.2) is 24.3 Å². The maximum absolute atomic E-state index is 13.0. The van der Waals surface area contributed by atoms with Gasteiger partial charge in [0.05, 0.1) is 0 Å². The molecule has 1 atom stereocenters. The first-order chi connectivity index (χ1) is 9.69. The fourth-order valence-corrected chi connectivity index (χ4v) is 5.33. The number of benzene rings is 1. The van der Waals surface area contributed by atoms with Gasteiger partial charge in [-0.05, 0) is 80.4 Å². The van der Waals surface area contributed by atoms with Crippen LogP contribution in [0.5, 0.6) is 0 Å². The minimum absolute atomic E-state index is 0.143. The van der Waals surface area contributed by atoms with Crippen LogP contribution in [0.25, 0.3) is 0 Å². The van der Waals surface area contributed by atoms with Crippen LogP contribution in [0.3, 0.4) is 0 Å². The van der Waals surface area contributed by atoms with Crippen molar-refractivity contribution < 1.29 is 4.39 Å². The maximum atomic E-state index is 13.0. The second-order valence-corrected chi connectivity index (χ2v) is 7.40. The van der Waals surface area contributed by atoms with Crippen LogP contribution in [0.1, 0.15) is 50.6 Å². The fourth-order valence-electron chi connectivity index (χ4n) is 5.33. The molecular weight excluding hydrogens is 249 g/mol. The van der Waals surface area contributed by atoms with Gasteiger partial charge in [-0.2, -0.15) is 0 Å². The van der Waals surface area contributed by atoms with E-state index in [0.717, 1.165) is 23.7 Å². The number of hydrogen-bond donors (Lipinski definition) is 1. The number of nitrogens with one attached hydrogen (secondary N) is 1. The van der Waals surface area contributed by atoms with Crippen LogP contribution in [0, 0.1) is 29.5 Å². The summed E-state index contributed by atoms with van der Waals surface area (Å²) in [5, 5.41) is 3.88. The van der Waals surface area contributed by atoms with Gasteiger partial charge in [0.25, 0.3) is 0 Å². The topological polar surface area (TPSA) is 12.0 Å². The van der Waals surface area contributed by atoms with Gasteiger partial charge in [0, 0.05) is 12.1 Å². The van der Waals surface area contributed by atoms with E-state index >= 15 is 0 Å². The summed E-state index contributed by atoms with van der Waals surface area (Å²) >= 11 is 0. The van der Waals surface area contributed by atoms with Gasteiger partial charge in [-0.3, -0.25) is 0 Å². The summed E-state index contributed by atoms with van der Waals surface area (Å²) < 4.78 is 13.0. The Kier molecular flexibility index (Phi) is 3.10. The Balaban J connectivity index is 1.47. The van der Waals surface area contributed by atoms with Crippen LogP contribution in [-0.4, -0.2) is 6.04 Å². The Labute approximate surface area is 121 Å². The molecule has 0 amide bonds. The Hall–Kier alpha value is -0.890. The average Bonchev–Trinajstić information content (AvgIpc) is 2.42. The summed E-state index contributed by atoms with van der Waals surface area (Å²) in [6.07, 6.45) is 7.29. The zero-order valence-corrected chi connectivity index (χ0v) is 12.2. The first kappa shape index (κ1) is 12.8. The molecule has 0 saturated heterocycles. The first-order valence-electron chi connectivity index (χ1n) is 8.20. The molecular formula is C18H24FN. The predicted molar refractivity (Wildman–Crippen MR) is 78.8 cm³/mol. The molecule has 4 fully saturated rings. The maximum Gasteiger partial charge on any atom is 0.123 e. The Morgan fingerprint density at radius 1 is 0.950 bits per heavy atom. The summed E-state index contributed by atoms with van der Waals surface area (Å²) in [4.78, 5) is 0. The van der Waals surface area contributed by atoms with Gasteiger partial charge < -0.3 is 5.32 Å². The fraction of sp³-hybridized carbons (Fsp3) is 0.667. The van der Waals surface area contributed by atoms with Crippen molar-refractivity contribution in [1.29, 1.82) is 0 Å². The van der Waals surface area contributed by atoms with E-state index in [2.05, 4.69) is 12.2 Å². The lowest BCUT2D eigenvalue weighted by Gasteiger charge is -2.55. The van der Waals surface area contributed by atoms with Crippen LogP contribution < -0.4 is 5.32 Å². The van der Waals surface area contributed by atoms with Crippen molar-refractivity contribution in [2.75, 3.05) is 0 Å². The summed E-state index contributed by atoms with van der Waals surface area (Å²) in [5.74, 6) is 3.70. The van der Waals surface area contributed by atoms with Gasteiger partial charge in [0.1, 0.15) is 5.82 Å². The quantitative estimate of drug-likeness (QED) is 0.865. The van der Waals surface area contributed by atoms with Gasteiger partial charge in [-0.1, -0.05) is 12.1 Å². The Morgan fingerprint density at radius 3 is 2.05 bits per heavy atom. The van der Waals surface area contributed by atoms with Crippen molar-refractivity contribution in [2.45, 2.75) is 51.1 Å². The molecule has 0 unspecified atom stereocenters. The third-order valence-electron chi connectivity index (χ3n) is 6.04. The monoisotopic (exact) mass is 273 g/mol. The van der Waals surface area contributed by atoms with Crippen molar-refractivity contribution >= 4 is 0 Å². The molecule has 4 saturated carbocycles. The molecule has 0 heterocycles. The lowest BCUT2D eigenvalue weighted by Crippen LogP contribution is -2.54. The second kappa shape index (κ2) is 4.84. The van der Waals surface area contributed by atoms with Crippen molar-refractivity contribution in [3.63, 3.8) is 0 Å². The minimum atomic E-state index is -0.143. The summed E-state index contributed by atoms with van der Waals surface area (Å²) in [7, 11) is 0. The molecule has 1 aromatic rings. The van der Waals surface area contributed by atoms with E-state index in [1.165, 1.54) is 37.7 Å². The highest BCUT2D eigenvalue weighted by Crippen LogP contribution is 2.54. The highest BCUT2D eigenvalue weighted by Gasteiger charge is 2.48. The van der Waals surface area contributed by atoms with Gasteiger partial charge in [0.15, 0.2) is 0 Å². The van der Waals surface area contributed by atoms with E-state index in [1.807, 2.05) is 12.1 Å². The van der Waals surface area contributed by atoms with Crippen LogP contribution in [-0.2, 0) is 0 Å². The van der Waals surface area contributed by atoms with E-state index < -0.39 is 0 Å². The molecule has 1 N–H and O–H groups in total. The van der Waals surface area contributed by atoms with Crippen LogP contribution >= 0.6 is 0 Å². The lowest BCUT2D eigenvalue weighted by molar-refractivity contribution is -0.0171. The SMILES string of the molecule is C[C@@H](NC1C2CC3CC(C2)CC1C3)c1ccc(F)cc1. The number of hydrogen-bond acceptors (Lipinski definition) is 1. The molecule has 4 aliphatic carbocycles. The molecule has 1 aromatic carbocycles. The standard InChI is InChI=1S/C18H24FN/c1-11(14-2-4-17(19)5-3-14)20-18-15-7-12-6-13(9-15)10-16(18)8-12/h2-5,11-13,15-16,18,20H,6-10H2,1H3/t11-,12?,13?,15?,16?,18?/m1/s1. The third-order valence-corrected chi connectivity index (χ3v) is 6.04. The Morgan fingerprint density at radius 2 is 1.50 bits per heavy atom. The second-order valence-electron chi connectivity index (χ2n) is 7.40. The van der Waals surface area contributed by atoms with E-state index in [-0.39, 0.29) is 5.82 Å². The molecule has 4 bridgehead atoms. The summed E-state index contributed by atoms with van der Waals surface area (Å²) in [5.41, 5.74) is 1.21. The third kappa shape index (κ3) is 2.18. The molecule has 20 heavy (non-hydrogen) atoms. The zero-order valence-electron chi connectivity index (χ0n) is 12.2. The van der Waals surface area contributed by atoms with E-state index in [4.69, 9.17) is 0 Å². The van der Waals surface area contributed by atoms with Crippen LogP contribution in [0.2, 0.25) is 0 Å². The smallest absolute Gasteiger partial charge is 0.123 e. The Bertz CT molecular complexity index is 453. The normalized spacial score (nSPS) is 40.0. The molecule has 0 aliphatic heterocycles. The van der Waals surface area contributed by atoms with Gasteiger partial charge in [0.2, 0.25) is 0 Å². The number of rotatable bonds is 3. The molecule has 0 spiro atoms. The summed E-state index contributed by atoms with van der Waals surface area (Å²) in [6.45, 7) is 2.22. The van der Waals surface area contributed by atoms with E-state index in [9.17, 15) is 4.39 Å². The molecule has 4 aliphatic rings. The summed E-state index contributed by atoms with van der Waals surface area (Å²) in [6, 6.07) is 8.02. The lowest BCUT2D eigenvalue weighted by atomic mass is 9.54. The minimum Gasteiger partial charge on any atom is -0.307 e. The van der Waals surface area contributed by atoms with Gasteiger partial charge >= 0.3 is 0 Å². The first-order valence-corrected chi connectivity index (χ1v) is 8.20. The van der Waals surface area contributed by atoms with Crippen molar-refractivity contribution in [2.24, 2.45) is 23.7 Å². The molecule has 2 heteroatoms. The van der Waals surface area contributed by atoms with Crippen molar-refractivity contribution in [3.05, 3.63) is 35.6 Å². The van der Waals surface area contributed by atoms with E-state index in [1.54, 1.807) is 12.1 Å². The zero-order chi connectivity index (χ0) is 13.7. The molecule has 0 radical (unpaired) electrons. The van der Waals surface area contributed by atoms with Crippen molar-refractivity contribution in [3.8, 4) is 0 Å². The van der Waals surface area contributed by atoms with Crippen LogP contribution in [0.4, 0.5) is 4.39 Å². The van der Waals surface area contributed by atoms with Gasteiger partial charge in [-0.15, -0.1) is 0 Å². The van der Waals surface area contributed by atoms with E-state index in [0.29, 0.717) is 12.1 Å². The molecule has 0 aromatic heterocycles. The molecule has 5 rings (SSSR count). The van der Waals surface area contributed by atoms with Gasteiger partial charge in [-0.25, -0.2) is 4.39 Å². The number of halogens is 1.